The van der Waals surface area contributed by atoms with E-state index in [1.54, 1.807) is 0 Å². The summed E-state index contributed by atoms with van der Waals surface area (Å²) in [4.78, 5) is 4.98. The molecule has 0 aromatic heterocycles. The second-order valence-corrected chi connectivity index (χ2v) is 11.6. The molecule has 0 saturated carbocycles. The molecule has 0 heterocycles. The van der Waals surface area contributed by atoms with Crippen molar-refractivity contribution in [1.29, 1.82) is 0 Å². The van der Waals surface area contributed by atoms with E-state index in [4.69, 9.17) is 0 Å². The molecule has 0 fully saturated rings. The Hall–Kier alpha value is -5.34. The average Bonchev–Trinajstić information content (AvgIpc) is 3.11. The van der Waals surface area contributed by atoms with Crippen molar-refractivity contribution in [2.24, 2.45) is 0 Å². The molecule has 212 valence electrons. The quantitative estimate of drug-likeness (QED) is 0.198. The van der Waals surface area contributed by atoms with Crippen LogP contribution in [0.4, 0.5) is 22.7 Å². The van der Waals surface area contributed by atoms with Crippen molar-refractivity contribution in [2.75, 3.05) is 9.80 Å². The summed E-state index contributed by atoms with van der Waals surface area (Å²) in [5, 5.41) is 2.60. The maximum atomic E-state index is 2.53. The van der Waals surface area contributed by atoms with E-state index in [0.29, 0.717) is 0 Å². The predicted octanol–water partition coefficient (Wildman–Crippen LogP) is 11.3. The fraction of sp³-hybridized carbons (Fsp3) is 0.0952. The van der Waals surface area contributed by atoms with Crippen LogP contribution in [-0.2, 0) is 6.42 Å². The summed E-state index contributed by atoms with van der Waals surface area (Å²) in [6.07, 6.45) is 10.0. The van der Waals surface area contributed by atoms with E-state index in [2.05, 4.69) is 174 Å². The van der Waals surface area contributed by atoms with Gasteiger partial charge in [-0.2, -0.15) is 0 Å². The highest BCUT2D eigenvalue weighted by Crippen LogP contribution is 2.50. The first-order chi connectivity index (χ1) is 21.9. The van der Waals surface area contributed by atoms with E-state index in [-0.39, 0.29) is 6.04 Å². The zero-order valence-electron chi connectivity index (χ0n) is 24.7. The molecule has 8 rings (SSSR count). The van der Waals surface area contributed by atoms with Gasteiger partial charge in [0.2, 0.25) is 0 Å². The lowest BCUT2D eigenvalue weighted by molar-refractivity contribution is 0.688. The minimum atomic E-state index is 0.145. The van der Waals surface area contributed by atoms with Crippen molar-refractivity contribution in [3.05, 3.63) is 181 Å². The van der Waals surface area contributed by atoms with E-state index in [0.717, 1.165) is 19.3 Å². The fourth-order valence-corrected chi connectivity index (χ4v) is 7.08. The van der Waals surface area contributed by atoms with Crippen LogP contribution in [0.2, 0.25) is 0 Å². The Kier molecular flexibility index (Phi) is 6.81. The van der Waals surface area contributed by atoms with Crippen LogP contribution in [0.5, 0.6) is 0 Å². The van der Waals surface area contributed by atoms with Crippen LogP contribution in [0.3, 0.4) is 0 Å². The number of fused-ring (bicyclic) bond motifs is 5. The number of benzene rings is 6. The third-order valence-corrected chi connectivity index (χ3v) is 9.01. The molecule has 0 aliphatic heterocycles. The van der Waals surface area contributed by atoms with Crippen molar-refractivity contribution in [3.8, 4) is 11.1 Å². The van der Waals surface area contributed by atoms with Gasteiger partial charge in [0.1, 0.15) is 0 Å². The first kappa shape index (κ1) is 26.3. The molecule has 6 aromatic rings. The van der Waals surface area contributed by atoms with E-state index >= 15 is 0 Å². The van der Waals surface area contributed by atoms with Crippen LogP contribution in [0, 0.1) is 0 Å². The summed E-state index contributed by atoms with van der Waals surface area (Å²) >= 11 is 0. The molecule has 0 radical (unpaired) electrons. The van der Waals surface area contributed by atoms with E-state index < -0.39 is 0 Å². The molecular weight excluding hydrogens is 532 g/mol. The highest BCUT2D eigenvalue weighted by atomic mass is 15.2. The van der Waals surface area contributed by atoms with Crippen LogP contribution in [0.1, 0.15) is 30.0 Å². The van der Waals surface area contributed by atoms with Gasteiger partial charge >= 0.3 is 0 Å². The van der Waals surface area contributed by atoms with E-state index in [9.17, 15) is 0 Å². The smallest absolute Gasteiger partial charge is 0.0638 e. The number of allylic oxidation sites excluding steroid dienone is 3. The Labute approximate surface area is 259 Å². The summed E-state index contributed by atoms with van der Waals surface area (Å²) in [7, 11) is 0. The number of nitrogens with zero attached hydrogens (tertiary/aromatic N) is 2. The Morgan fingerprint density at radius 2 is 1.11 bits per heavy atom. The third-order valence-electron chi connectivity index (χ3n) is 9.01. The molecule has 0 saturated heterocycles. The highest BCUT2D eigenvalue weighted by Gasteiger charge is 2.33. The lowest BCUT2D eigenvalue weighted by Gasteiger charge is -2.39. The van der Waals surface area contributed by atoms with Gasteiger partial charge in [-0.1, -0.05) is 115 Å². The van der Waals surface area contributed by atoms with Crippen molar-refractivity contribution >= 4 is 33.5 Å². The molecule has 0 spiro atoms. The molecule has 0 amide bonds. The summed E-state index contributed by atoms with van der Waals surface area (Å²) in [6.45, 7) is 0. The number of hydrogen-bond donors (Lipinski definition) is 0. The summed E-state index contributed by atoms with van der Waals surface area (Å²) in [6, 6.07) is 53.1. The maximum absolute atomic E-state index is 2.53. The van der Waals surface area contributed by atoms with Crippen molar-refractivity contribution in [1.82, 2.24) is 0 Å². The van der Waals surface area contributed by atoms with E-state index in [1.807, 2.05) is 0 Å². The molecule has 44 heavy (non-hydrogen) atoms. The predicted molar refractivity (Wildman–Crippen MR) is 186 cm³/mol. The third kappa shape index (κ3) is 4.60. The number of rotatable bonds is 6. The summed E-state index contributed by atoms with van der Waals surface area (Å²) in [5.41, 5.74) is 11.4. The van der Waals surface area contributed by atoms with Gasteiger partial charge in [0, 0.05) is 28.1 Å². The molecule has 2 heteroatoms. The lowest BCUT2D eigenvalue weighted by atomic mass is 9.79. The average molecular weight is 567 g/mol. The van der Waals surface area contributed by atoms with Crippen molar-refractivity contribution in [3.63, 3.8) is 0 Å². The van der Waals surface area contributed by atoms with Crippen LogP contribution >= 0.6 is 0 Å². The fourth-order valence-electron chi connectivity index (χ4n) is 7.08. The van der Waals surface area contributed by atoms with Gasteiger partial charge in [-0.3, -0.25) is 0 Å². The second kappa shape index (κ2) is 11.4. The molecule has 1 unspecified atom stereocenters. The van der Waals surface area contributed by atoms with Crippen molar-refractivity contribution in [2.45, 2.75) is 25.3 Å². The van der Waals surface area contributed by atoms with Crippen LogP contribution < -0.4 is 9.80 Å². The molecule has 0 bridgehead atoms. The molecule has 1 atom stereocenters. The monoisotopic (exact) mass is 566 g/mol. The Bertz CT molecular complexity index is 1950. The highest BCUT2D eigenvalue weighted by molar-refractivity contribution is 6.04. The minimum Gasteiger partial charge on any atom is -0.334 e. The van der Waals surface area contributed by atoms with E-state index in [1.165, 1.54) is 61.5 Å². The first-order valence-corrected chi connectivity index (χ1v) is 15.6. The lowest BCUT2D eigenvalue weighted by Crippen LogP contribution is -2.28. The van der Waals surface area contributed by atoms with Crippen LogP contribution in [0.15, 0.2) is 170 Å². The zero-order valence-corrected chi connectivity index (χ0v) is 24.7. The van der Waals surface area contributed by atoms with Crippen LogP contribution in [-0.4, -0.2) is 0 Å². The van der Waals surface area contributed by atoms with Gasteiger partial charge < -0.3 is 9.80 Å². The molecule has 2 aliphatic carbocycles. The standard InChI is InChI=1S/C42H34N2/c1-5-17-31(18-6-1)43(32-19-7-2-8-20-32)41-29-39-36-26-14-16-28-38(36)42(30-40(39)35-25-13-15-27-37(35)41)44(33-21-9-3-10-22-33)34-23-11-4-12-24-34/h1-3,5-11,13-28,30,41H,4,12,29H2. The van der Waals surface area contributed by atoms with Crippen molar-refractivity contribution < 1.29 is 0 Å². The summed E-state index contributed by atoms with van der Waals surface area (Å²) in [5.74, 6) is 0. The molecule has 0 N–H and O–H groups in total. The van der Waals surface area contributed by atoms with Gasteiger partial charge in [-0.05, 0) is 95.4 Å². The van der Waals surface area contributed by atoms with Gasteiger partial charge in [0.05, 0.1) is 11.7 Å². The number of para-hydroxylation sites is 3. The number of anilines is 4. The Balaban J connectivity index is 1.37. The summed E-state index contributed by atoms with van der Waals surface area (Å²) < 4.78 is 0. The second-order valence-electron chi connectivity index (χ2n) is 11.6. The molecular formula is C42H34N2. The van der Waals surface area contributed by atoms with Gasteiger partial charge in [-0.25, -0.2) is 0 Å². The zero-order chi connectivity index (χ0) is 29.3. The molecule has 2 nitrogen and oxygen atoms in total. The van der Waals surface area contributed by atoms with Crippen LogP contribution in [0.25, 0.3) is 21.9 Å². The molecule has 6 aromatic carbocycles. The number of hydrogen-bond acceptors (Lipinski definition) is 2. The Morgan fingerprint density at radius 3 is 1.77 bits per heavy atom. The maximum Gasteiger partial charge on any atom is 0.0638 e. The minimum absolute atomic E-state index is 0.145. The Morgan fingerprint density at radius 1 is 0.523 bits per heavy atom. The van der Waals surface area contributed by atoms with Gasteiger partial charge in [0.15, 0.2) is 0 Å². The topological polar surface area (TPSA) is 6.48 Å². The first-order valence-electron chi connectivity index (χ1n) is 15.6. The van der Waals surface area contributed by atoms with Gasteiger partial charge in [0.25, 0.3) is 0 Å². The normalized spacial score (nSPS) is 15.3. The SMILES string of the molecule is C1=CC(N(c2ccccc2)c2cc3c(c4ccccc24)CC(N(c2ccccc2)c2ccccc2)c2ccccc2-3)=CCC1. The molecule has 2 aliphatic rings. The largest absolute Gasteiger partial charge is 0.334 e. The van der Waals surface area contributed by atoms with Gasteiger partial charge in [-0.15, -0.1) is 0 Å².